The van der Waals surface area contributed by atoms with E-state index in [9.17, 15) is 39.6 Å². The van der Waals surface area contributed by atoms with E-state index < -0.39 is 36.4 Å². The lowest BCUT2D eigenvalue weighted by Gasteiger charge is -2.18. The standard InChI is InChI=1S/2C20H34O5/c2*1-2-3-6-9-15(21)12-13-17-16(18(22)14-19(17)23)10-7-4-5-8-11-20(24)25/h2*12-13,15-17,19,21,23H,2-11,14H2,1H3,(H,24,25)/b2*13-12+/t2*15-,16+,17+,19+/m00/s1. The van der Waals surface area contributed by atoms with Crippen molar-refractivity contribution in [3.63, 3.8) is 0 Å². The molecule has 0 aromatic carbocycles. The molecule has 0 spiro atoms. The lowest BCUT2D eigenvalue weighted by atomic mass is 9.88. The van der Waals surface area contributed by atoms with E-state index in [0.717, 1.165) is 103 Å². The number of hydrogen-bond donors (Lipinski definition) is 6. The van der Waals surface area contributed by atoms with Gasteiger partial charge in [-0.05, 0) is 38.5 Å². The van der Waals surface area contributed by atoms with E-state index >= 15 is 0 Å². The van der Waals surface area contributed by atoms with Crippen LogP contribution in [0.15, 0.2) is 24.3 Å². The van der Waals surface area contributed by atoms with Gasteiger partial charge in [-0.3, -0.25) is 19.2 Å². The fourth-order valence-electron chi connectivity index (χ4n) is 7.08. The van der Waals surface area contributed by atoms with E-state index in [2.05, 4.69) is 13.8 Å². The van der Waals surface area contributed by atoms with Gasteiger partial charge in [0.15, 0.2) is 0 Å². The lowest BCUT2D eigenvalue weighted by molar-refractivity contribution is -0.138. The molecule has 0 aliphatic heterocycles. The van der Waals surface area contributed by atoms with E-state index in [-0.39, 0.29) is 60.9 Å². The van der Waals surface area contributed by atoms with Crippen molar-refractivity contribution < 1.29 is 49.8 Å². The van der Waals surface area contributed by atoms with Crippen LogP contribution in [-0.2, 0) is 19.2 Å². The molecule has 0 aromatic rings. The molecule has 0 heterocycles. The molecule has 288 valence electrons. The molecule has 10 nitrogen and oxygen atoms in total. The van der Waals surface area contributed by atoms with Gasteiger partial charge in [0.25, 0.3) is 0 Å². The highest BCUT2D eigenvalue weighted by molar-refractivity contribution is 5.85. The number of carboxylic acids is 2. The first kappa shape index (κ1) is 45.6. The molecule has 8 atom stereocenters. The van der Waals surface area contributed by atoms with Crippen molar-refractivity contribution in [3.05, 3.63) is 24.3 Å². The van der Waals surface area contributed by atoms with Gasteiger partial charge in [-0.1, -0.05) is 115 Å². The SMILES string of the molecule is CCCCC[C@H](O)/C=C/[C@H]1[C@H](O)CC(=O)[C@@H]1CCCCCCC(=O)O.CCCCC[C@H](O)/C=C/[C@H]1[C@H](O)CC(=O)[C@@H]1CCCCCCC(=O)O. The highest BCUT2D eigenvalue weighted by atomic mass is 16.4. The first-order valence-corrected chi connectivity index (χ1v) is 19.5. The minimum atomic E-state index is -0.767. The maximum Gasteiger partial charge on any atom is 0.303 e. The summed E-state index contributed by atoms with van der Waals surface area (Å²) in [6.45, 7) is 4.24. The molecule has 10 heteroatoms. The van der Waals surface area contributed by atoms with Crippen LogP contribution in [0.4, 0.5) is 0 Å². The first-order valence-electron chi connectivity index (χ1n) is 19.5. The van der Waals surface area contributed by atoms with Crippen molar-refractivity contribution in [3.8, 4) is 0 Å². The van der Waals surface area contributed by atoms with E-state index in [1.807, 2.05) is 12.2 Å². The lowest BCUT2D eigenvalue weighted by Crippen LogP contribution is -2.19. The van der Waals surface area contributed by atoms with Crippen LogP contribution in [0.5, 0.6) is 0 Å². The van der Waals surface area contributed by atoms with Gasteiger partial charge in [0, 0.05) is 49.4 Å². The molecule has 2 aliphatic carbocycles. The Kier molecular flexibility index (Phi) is 24.9. The summed E-state index contributed by atoms with van der Waals surface area (Å²) in [5, 5.41) is 57.5. The van der Waals surface area contributed by atoms with E-state index in [1.165, 1.54) is 0 Å². The summed E-state index contributed by atoms with van der Waals surface area (Å²) in [6.07, 6.45) is 21.5. The third-order valence-electron chi connectivity index (χ3n) is 10.1. The number of aliphatic hydroxyl groups excluding tert-OH is 4. The zero-order valence-electron chi connectivity index (χ0n) is 30.8. The van der Waals surface area contributed by atoms with Gasteiger partial charge >= 0.3 is 11.9 Å². The Labute approximate surface area is 300 Å². The van der Waals surface area contributed by atoms with Crippen molar-refractivity contribution in [2.45, 2.75) is 180 Å². The van der Waals surface area contributed by atoms with Crippen molar-refractivity contribution >= 4 is 23.5 Å². The number of Topliss-reactive ketones (excluding diaryl/α,β-unsaturated/α-hetero) is 2. The van der Waals surface area contributed by atoms with E-state index in [0.29, 0.717) is 12.8 Å². The first-order chi connectivity index (χ1) is 23.9. The average Bonchev–Trinajstić information content (AvgIpc) is 3.49. The van der Waals surface area contributed by atoms with Crippen molar-refractivity contribution in [1.29, 1.82) is 0 Å². The molecule has 2 saturated carbocycles. The average molecular weight is 709 g/mol. The molecule has 0 unspecified atom stereocenters. The smallest absolute Gasteiger partial charge is 0.303 e. The van der Waals surface area contributed by atoms with Gasteiger partial charge in [-0.25, -0.2) is 0 Å². The zero-order valence-corrected chi connectivity index (χ0v) is 30.8. The van der Waals surface area contributed by atoms with Crippen LogP contribution < -0.4 is 0 Å². The van der Waals surface area contributed by atoms with Crippen LogP contribution >= 0.6 is 0 Å². The molecule has 6 N–H and O–H groups in total. The Hall–Kier alpha value is -2.40. The van der Waals surface area contributed by atoms with Gasteiger partial charge in [-0.2, -0.15) is 0 Å². The molecule has 2 aliphatic rings. The predicted octanol–water partition coefficient (Wildman–Crippen LogP) is 6.95. The molecule has 2 rings (SSSR count). The summed E-state index contributed by atoms with van der Waals surface area (Å²) < 4.78 is 0. The monoisotopic (exact) mass is 708 g/mol. The van der Waals surface area contributed by atoms with Gasteiger partial charge < -0.3 is 30.6 Å². The Morgan fingerprint density at radius 2 is 0.960 bits per heavy atom. The van der Waals surface area contributed by atoms with Crippen LogP contribution in [0.3, 0.4) is 0 Å². The van der Waals surface area contributed by atoms with Gasteiger partial charge in [-0.15, -0.1) is 0 Å². The molecule has 0 bridgehead atoms. The molecule has 2 fully saturated rings. The van der Waals surface area contributed by atoms with Crippen LogP contribution in [0.25, 0.3) is 0 Å². The van der Waals surface area contributed by atoms with Crippen molar-refractivity contribution in [2.75, 3.05) is 0 Å². The molecule has 0 saturated heterocycles. The Bertz CT molecular complexity index is 944. The maximum absolute atomic E-state index is 12.1. The number of carboxylic acid groups (broad SMARTS) is 2. The molecular weight excluding hydrogens is 640 g/mol. The molecule has 50 heavy (non-hydrogen) atoms. The number of unbranched alkanes of at least 4 members (excludes halogenated alkanes) is 10. The van der Waals surface area contributed by atoms with Gasteiger partial charge in [0.1, 0.15) is 11.6 Å². The number of carbonyl (C=O) groups is 4. The number of hydrogen-bond acceptors (Lipinski definition) is 8. The van der Waals surface area contributed by atoms with Gasteiger partial charge in [0.05, 0.1) is 24.4 Å². The largest absolute Gasteiger partial charge is 0.481 e. The van der Waals surface area contributed by atoms with Crippen LogP contribution in [0.2, 0.25) is 0 Å². The second-order valence-corrected chi connectivity index (χ2v) is 14.4. The fourth-order valence-corrected chi connectivity index (χ4v) is 7.08. The summed E-state index contributed by atoms with van der Waals surface area (Å²) in [4.78, 5) is 45.2. The number of aliphatic hydroxyl groups is 4. The topological polar surface area (TPSA) is 190 Å². The van der Waals surface area contributed by atoms with Crippen molar-refractivity contribution in [1.82, 2.24) is 0 Å². The Morgan fingerprint density at radius 3 is 1.30 bits per heavy atom. The van der Waals surface area contributed by atoms with E-state index in [4.69, 9.17) is 10.2 Å². The number of rotatable bonds is 26. The normalized spacial score (nSPS) is 24.9. The minimum absolute atomic E-state index is 0.105. The summed E-state index contributed by atoms with van der Waals surface area (Å²) >= 11 is 0. The third kappa shape index (κ3) is 19.8. The number of carbonyl (C=O) groups excluding carboxylic acids is 2. The molecule has 0 amide bonds. The summed E-state index contributed by atoms with van der Waals surface area (Å²) in [5.41, 5.74) is 0. The highest BCUT2D eigenvalue weighted by Crippen LogP contribution is 2.35. The van der Waals surface area contributed by atoms with Crippen LogP contribution in [0.1, 0.15) is 155 Å². The molecular formula is C40H68O10. The second-order valence-electron chi connectivity index (χ2n) is 14.4. The van der Waals surface area contributed by atoms with Crippen LogP contribution in [0, 0.1) is 23.7 Å². The van der Waals surface area contributed by atoms with Crippen molar-refractivity contribution in [2.24, 2.45) is 23.7 Å². The third-order valence-corrected chi connectivity index (χ3v) is 10.1. The summed E-state index contributed by atoms with van der Waals surface area (Å²) in [6, 6.07) is 0. The van der Waals surface area contributed by atoms with E-state index in [1.54, 1.807) is 12.2 Å². The maximum atomic E-state index is 12.1. The fraction of sp³-hybridized carbons (Fsp3) is 0.800. The van der Waals surface area contributed by atoms with Gasteiger partial charge in [0.2, 0.25) is 0 Å². The summed E-state index contributed by atoms with van der Waals surface area (Å²) in [5.74, 6) is -2.07. The Morgan fingerprint density at radius 1 is 0.600 bits per heavy atom. The number of aliphatic carboxylic acids is 2. The Balaban J connectivity index is 0.000000500. The molecule has 0 radical (unpaired) electrons. The van der Waals surface area contributed by atoms with Crippen LogP contribution in [-0.4, -0.2) is 78.6 Å². The quantitative estimate of drug-likeness (QED) is 0.0405. The summed E-state index contributed by atoms with van der Waals surface area (Å²) in [7, 11) is 0. The predicted molar refractivity (Wildman–Crippen MR) is 194 cm³/mol. The zero-order chi connectivity index (χ0) is 37.3. The number of ketones is 2. The highest BCUT2D eigenvalue weighted by Gasteiger charge is 2.40. The second kappa shape index (κ2) is 27.3. The molecule has 0 aromatic heterocycles. The minimum Gasteiger partial charge on any atom is -0.481 e.